The molecule has 4 bridgehead atoms. The molecular weight excluding hydrogens is 232 g/mol. The highest BCUT2D eigenvalue weighted by atomic mass is 14.9. The summed E-state index contributed by atoms with van der Waals surface area (Å²) in [6.45, 7) is 5.89. The smallest absolute Gasteiger partial charge is 0.000812 e. The van der Waals surface area contributed by atoms with Gasteiger partial charge in [-0.15, -0.1) is 0 Å². The Kier molecular flexibility index (Phi) is 4.19. The first-order chi connectivity index (χ1) is 9.22. The zero-order chi connectivity index (χ0) is 13.3. The summed E-state index contributed by atoms with van der Waals surface area (Å²) < 4.78 is 0. The minimum Gasteiger partial charge on any atom is -0.330 e. The Hall–Kier alpha value is -0.0800. The highest BCUT2D eigenvalue weighted by Crippen LogP contribution is 2.61. The summed E-state index contributed by atoms with van der Waals surface area (Å²) in [5.41, 5.74) is 6.23. The maximum atomic E-state index is 5.54. The van der Waals surface area contributed by atoms with Crippen molar-refractivity contribution in [1.29, 1.82) is 0 Å². The minimum atomic E-state index is 0.691. The summed E-state index contributed by atoms with van der Waals surface area (Å²) in [4.78, 5) is 0. The third-order valence-corrected chi connectivity index (χ3v) is 6.43. The standard InChI is InChI=1S/C17H32N2/c1-13-15-7-14-8-16(13)11-17(9-14,10-15)12-19-6-4-2-3-5-18/h13-16,19H,2-12,18H2,1H3/t13?,14?,15-,16?,17?/m1/s1. The van der Waals surface area contributed by atoms with Crippen LogP contribution in [0.15, 0.2) is 0 Å². The molecule has 4 aliphatic carbocycles. The van der Waals surface area contributed by atoms with E-state index in [9.17, 15) is 0 Å². The van der Waals surface area contributed by atoms with Gasteiger partial charge in [0.15, 0.2) is 0 Å². The molecule has 0 saturated heterocycles. The second-order valence-electron chi connectivity index (χ2n) is 7.86. The van der Waals surface area contributed by atoms with Crippen molar-refractivity contribution < 1.29 is 0 Å². The van der Waals surface area contributed by atoms with Crippen LogP contribution in [0.3, 0.4) is 0 Å². The van der Waals surface area contributed by atoms with E-state index >= 15 is 0 Å². The molecule has 0 aromatic carbocycles. The van der Waals surface area contributed by atoms with Crippen molar-refractivity contribution >= 4 is 0 Å². The first-order valence-corrected chi connectivity index (χ1v) is 8.63. The van der Waals surface area contributed by atoms with Gasteiger partial charge >= 0.3 is 0 Å². The lowest BCUT2D eigenvalue weighted by molar-refractivity contribution is -0.0876. The molecule has 4 saturated carbocycles. The molecule has 4 aliphatic rings. The monoisotopic (exact) mass is 264 g/mol. The lowest BCUT2D eigenvalue weighted by atomic mass is 9.46. The van der Waals surface area contributed by atoms with Gasteiger partial charge in [-0.25, -0.2) is 0 Å². The topological polar surface area (TPSA) is 38.0 Å². The number of rotatable bonds is 7. The minimum absolute atomic E-state index is 0.691. The molecule has 0 aromatic rings. The fourth-order valence-corrected chi connectivity index (χ4v) is 5.59. The SMILES string of the molecule is CC1C2CC3C[C@@H]1CC(CNCCCCCN)(C3)C2. The van der Waals surface area contributed by atoms with Crippen LogP contribution < -0.4 is 11.1 Å². The highest BCUT2D eigenvalue weighted by Gasteiger charge is 2.53. The van der Waals surface area contributed by atoms with Gasteiger partial charge in [0.2, 0.25) is 0 Å². The first-order valence-electron chi connectivity index (χ1n) is 8.63. The van der Waals surface area contributed by atoms with Gasteiger partial charge in [0.25, 0.3) is 0 Å². The first kappa shape index (κ1) is 13.9. The summed E-state index contributed by atoms with van der Waals surface area (Å²) >= 11 is 0. The van der Waals surface area contributed by atoms with Gasteiger partial charge in [0.05, 0.1) is 0 Å². The van der Waals surface area contributed by atoms with E-state index in [0.29, 0.717) is 5.41 Å². The maximum absolute atomic E-state index is 5.54. The van der Waals surface area contributed by atoms with Crippen molar-refractivity contribution in [1.82, 2.24) is 5.32 Å². The van der Waals surface area contributed by atoms with Crippen molar-refractivity contribution in [3.63, 3.8) is 0 Å². The van der Waals surface area contributed by atoms with Crippen LogP contribution in [-0.4, -0.2) is 19.6 Å². The third-order valence-electron chi connectivity index (χ3n) is 6.43. The van der Waals surface area contributed by atoms with E-state index in [0.717, 1.165) is 30.2 Å². The van der Waals surface area contributed by atoms with Crippen LogP contribution in [0.2, 0.25) is 0 Å². The Morgan fingerprint density at radius 1 is 1.05 bits per heavy atom. The molecule has 4 fully saturated rings. The fraction of sp³-hybridized carbons (Fsp3) is 1.00. The van der Waals surface area contributed by atoms with Gasteiger partial charge in [0, 0.05) is 6.54 Å². The molecule has 3 N–H and O–H groups in total. The lowest BCUT2D eigenvalue weighted by Gasteiger charge is -2.60. The summed E-state index contributed by atoms with van der Waals surface area (Å²) in [5.74, 6) is 4.22. The number of nitrogens with two attached hydrogens (primary N) is 1. The molecule has 0 heterocycles. The lowest BCUT2D eigenvalue weighted by Crippen LogP contribution is -2.53. The average molecular weight is 264 g/mol. The number of hydrogen-bond donors (Lipinski definition) is 2. The van der Waals surface area contributed by atoms with E-state index in [1.165, 1.54) is 51.6 Å². The molecule has 0 amide bonds. The fourth-order valence-electron chi connectivity index (χ4n) is 5.59. The third kappa shape index (κ3) is 2.85. The van der Waals surface area contributed by atoms with Crippen LogP contribution in [0, 0.1) is 29.1 Å². The van der Waals surface area contributed by atoms with Crippen molar-refractivity contribution in [2.45, 2.75) is 58.3 Å². The Morgan fingerprint density at radius 3 is 2.47 bits per heavy atom. The highest BCUT2D eigenvalue weighted by molar-refractivity contribution is 5.04. The number of nitrogens with one attached hydrogen (secondary N) is 1. The molecule has 2 nitrogen and oxygen atoms in total. The predicted octanol–water partition coefficient (Wildman–Crippen LogP) is 3.17. The van der Waals surface area contributed by atoms with Crippen LogP contribution in [0.5, 0.6) is 0 Å². The van der Waals surface area contributed by atoms with Gasteiger partial charge in [-0.1, -0.05) is 13.3 Å². The molecule has 4 rings (SSSR count). The van der Waals surface area contributed by atoms with Gasteiger partial charge in [-0.05, 0) is 87.1 Å². The Morgan fingerprint density at radius 2 is 1.79 bits per heavy atom. The second-order valence-corrected chi connectivity index (χ2v) is 7.86. The zero-order valence-electron chi connectivity index (χ0n) is 12.7. The predicted molar refractivity (Wildman–Crippen MR) is 80.9 cm³/mol. The summed E-state index contributed by atoms with van der Waals surface area (Å²) in [7, 11) is 0. The summed E-state index contributed by atoms with van der Waals surface area (Å²) in [5, 5.41) is 3.78. The van der Waals surface area contributed by atoms with E-state index in [-0.39, 0.29) is 0 Å². The van der Waals surface area contributed by atoms with E-state index in [4.69, 9.17) is 5.73 Å². The largest absolute Gasteiger partial charge is 0.330 e. The molecule has 2 heteroatoms. The quantitative estimate of drug-likeness (QED) is 0.693. The maximum Gasteiger partial charge on any atom is 0.000812 e. The van der Waals surface area contributed by atoms with E-state index < -0.39 is 0 Å². The van der Waals surface area contributed by atoms with Crippen LogP contribution in [0.25, 0.3) is 0 Å². The number of hydrogen-bond acceptors (Lipinski definition) is 2. The normalized spacial score (nSPS) is 43.9. The van der Waals surface area contributed by atoms with Crippen molar-refractivity contribution in [3.8, 4) is 0 Å². The van der Waals surface area contributed by atoms with Crippen LogP contribution in [-0.2, 0) is 0 Å². The van der Waals surface area contributed by atoms with Gasteiger partial charge in [-0.3, -0.25) is 0 Å². The van der Waals surface area contributed by atoms with Crippen LogP contribution in [0.4, 0.5) is 0 Å². The molecule has 0 radical (unpaired) electrons. The molecule has 110 valence electrons. The van der Waals surface area contributed by atoms with Crippen molar-refractivity contribution in [3.05, 3.63) is 0 Å². The molecule has 0 aliphatic heterocycles. The molecule has 4 unspecified atom stereocenters. The van der Waals surface area contributed by atoms with Gasteiger partial charge in [-0.2, -0.15) is 0 Å². The summed E-state index contributed by atoms with van der Waals surface area (Å²) in [6, 6.07) is 0. The average Bonchev–Trinajstić information content (AvgIpc) is 2.39. The second kappa shape index (κ2) is 5.73. The Labute approximate surface area is 118 Å². The van der Waals surface area contributed by atoms with Gasteiger partial charge < -0.3 is 11.1 Å². The molecule has 5 atom stereocenters. The van der Waals surface area contributed by atoms with E-state index in [1.54, 1.807) is 12.8 Å². The molecule has 0 spiro atoms. The van der Waals surface area contributed by atoms with E-state index in [1.807, 2.05) is 0 Å². The van der Waals surface area contributed by atoms with Gasteiger partial charge in [0.1, 0.15) is 0 Å². The molecular formula is C17H32N2. The Bertz CT molecular complexity index is 286. The van der Waals surface area contributed by atoms with E-state index in [2.05, 4.69) is 12.2 Å². The van der Waals surface area contributed by atoms with Crippen LogP contribution in [0.1, 0.15) is 58.3 Å². The summed E-state index contributed by atoms with van der Waals surface area (Å²) in [6.07, 6.45) is 11.5. The van der Waals surface area contributed by atoms with Crippen LogP contribution >= 0.6 is 0 Å². The van der Waals surface area contributed by atoms with Crippen molar-refractivity contribution in [2.75, 3.05) is 19.6 Å². The molecule has 0 aromatic heterocycles. The Balaban J connectivity index is 1.46. The number of unbranched alkanes of at least 4 members (excludes halogenated alkanes) is 2. The molecule has 19 heavy (non-hydrogen) atoms. The van der Waals surface area contributed by atoms with Crippen molar-refractivity contribution in [2.24, 2.45) is 34.8 Å². The zero-order valence-corrected chi connectivity index (χ0v) is 12.7.